The third-order valence-corrected chi connectivity index (χ3v) is 6.17. The second kappa shape index (κ2) is 7.86. The van der Waals surface area contributed by atoms with Crippen molar-refractivity contribution in [1.29, 1.82) is 0 Å². The van der Waals surface area contributed by atoms with Crippen LogP contribution in [0.3, 0.4) is 0 Å². The number of aromatic hydroxyl groups is 1. The number of carbonyl (C=O) groups excluding carboxylic acids is 3. The summed E-state index contributed by atoms with van der Waals surface area (Å²) in [6, 6.07) is 6.60. The lowest BCUT2D eigenvalue weighted by atomic mass is 9.55. The number of likely N-dealkylation sites (tertiary alicyclic amines) is 1. The van der Waals surface area contributed by atoms with Gasteiger partial charge in [-0.2, -0.15) is 4.90 Å². The standard InChI is InChI=1S/C20H22BNO8/c1-28-9-10-7-13-16(19(25)22(18(13)24)20(26)29-2)12-8-15(30-21(27)17(10)12)11-5-3-4-6-14(11)23/h3-6,12-13,15-16,23,27H,7-9H2,1-2H3/t12-,13-,15-,16+/m0/s1. The number of allylic oxidation sites excluding steroid dienone is 1. The van der Waals surface area contributed by atoms with Crippen LogP contribution in [-0.2, 0) is 23.7 Å². The molecule has 3 aliphatic rings. The van der Waals surface area contributed by atoms with Gasteiger partial charge in [0.1, 0.15) is 5.75 Å². The number of imide groups is 3. The van der Waals surface area contributed by atoms with Crippen LogP contribution in [0.25, 0.3) is 0 Å². The molecule has 2 aliphatic heterocycles. The molecule has 0 aromatic heterocycles. The highest BCUT2D eigenvalue weighted by molar-refractivity contribution is 6.53. The SMILES string of the molecule is COCC1=C2B(O)O[C@H](c3ccccc3O)C[C@H]2[C@H]2C(=O)N(C(=O)OC)C(=O)[C@H]2C1. The summed E-state index contributed by atoms with van der Waals surface area (Å²) in [6.45, 7) is 0.163. The number of phenolic OH excluding ortho intramolecular Hbond substituents is 1. The smallest absolute Gasteiger partial charge is 0.487 e. The zero-order valence-corrected chi connectivity index (χ0v) is 16.6. The minimum atomic E-state index is -1.32. The first-order valence-corrected chi connectivity index (χ1v) is 9.66. The first-order chi connectivity index (χ1) is 14.4. The van der Waals surface area contributed by atoms with Crippen molar-refractivity contribution in [3.05, 3.63) is 40.9 Å². The molecule has 9 nitrogen and oxygen atoms in total. The van der Waals surface area contributed by atoms with E-state index >= 15 is 0 Å². The van der Waals surface area contributed by atoms with Crippen molar-refractivity contribution in [3.8, 4) is 5.75 Å². The molecule has 4 atom stereocenters. The van der Waals surface area contributed by atoms with E-state index in [1.807, 2.05) is 0 Å². The molecule has 10 heteroatoms. The highest BCUT2D eigenvalue weighted by atomic mass is 16.5. The molecule has 2 fully saturated rings. The van der Waals surface area contributed by atoms with Crippen LogP contribution in [0.1, 0.15) is 24.5 Å². The van der Waals surface area contributed by atoms with Crippen molar-refractivity contribution in [2.75, 3.05) is 20.8 Å². The number of phenols is 1. The van der Waals surface area contributed by atoms with Gasteiger partial charge in [-0.25, -0.2) is 4.79 Å². The zero-order valence-electron chi connectivity index (χ0n) is 16.6. The molecular formula is C20H22BNO8. The van der Waals surface area contributed by atoms with E-state index in [0.29, 0.717) is 21.5 Å². The Morgan fingerprint density at radius 2 is 1.97 bits per heavy atom. The van der Waals surface area contributed by atoms with Crippen LogP contribution in [0.2, 0.25) is 0 Å². The second-order valence-electron chi connectivity index (χ2n) is 7.69. The molecule has 1 aromatic carbocycles. The van der Waals surface area contributed by atoms with Gasteiger partial charge in [0, 0.05) is 12.7 Å². The van der Waals surface area contributed by atoms with Gasteiger partial charge in [-0.05, 0) is 35.9 Å². The number of hydrogen-bond acceptors (Lipinski definition) is 8. The Labute approximate surface area is 173 Å². The van der Waals surface area contributed by atoms with E-state index in [-0.39, 0.29) is 25.2 Å². The number of benzene rings is 1. The minimum Gasteiger partial charge on any atom is -0.508 e. The van der Waals surface area contributed by atoms with E-state index in [4.69, 9.17) is 9.39 Å². The molecular weight excluding hydrogens is 393 g/mol. The van der Waals surface area contributed by atoms with E-state index in [1.165, 1.54) is 13.2 Å². The van der Waals surface area contributed by atoms with E-state index in [9.17, 15) is 24.5 Å². The fourth-order valence-corrected chi connectivity index (χ4v) is 4.95. The fourth-order valence-electron chi connectivity index (χ4n) is 4.95. The monoisotopic (exact) mass is 415 g/mol. The van der Waals surface area contributed by atoms with Gasteiger partial charge in [-0.3, -0.25) is 9.59 Å². The number of ether oxygens (including phenoxy) is 2. The van der Waals surface area contributed by atoms with Gasteiger partial charge in [0.2, 0.25) is 11.8 Å². The van der Waals surface area contributed by atoms with Gasteiger partial charge in [-0.1, -0.05) is 18.2 Å². The predicted molar refractivity (Wildman–Crippen MR) is 103 cm³/mol. The van der Waals surface area contributed by atoms with Crippen molar-refractivity contribution >= 4 is 25.0 Å². The molecule has 2 N–H and O–H groups in total. The zero-order chi connectivity index (χ0) is 21.6. The number of amides is 3. The number of rotatable bonds is 3. The van der Waals surface area contributed by atoms with Gasteiger partial charge in [0.15, 0.2) is 0 Å². The molecule has 4 rings (SSSR count). The van der Waals surface area contributed by atoms with Crippen LogP contribution in [0, 0.1) is 17.8 Å². The lowest BCUT2D eigenvalue weighted by molar-refractivity contribution is -0.137. The normalized spacial score (nSPS) is 28.5. The average Bonchev–Trinajstić information content (AvgIpc) is 2.98. The quantitative estimate of drug-likeness (QED) is 0.558. The van der Waals surface area contributed by atoms with Crippen LogP contribution in [0.15, 0.2) is 35.3 Å². The molecule has 2 saturated heterocycles. The highest BCUT2D eigenvalue weighted by Crippen LogP contribution is 2.52. The maximum atomic E-state index is 13.1. The number of nitrogens with zero attached hydrogens (tertiary/aromatic N) is 1. The van der Waals surface area contributed by atoms with E-state index in [2.05, 4.69) is 4.74 Å². The van der Waals surface area contributed by atoms with Crippen molar-refractivity contribution in [2.45, 2.75) is 18.9 Å². The molecule has 158 valence electrons. The first-order valence-electron chi connectivity index (χ1n) is 9.66. The van der Waals surface area contributed by atoms with Gasteiger partial charge in [-0.15, -0.1) is 0 Å². The molecule has 1 aromatic rings. The Bertz CT molecular complexity index is 931. The molecule has 0 unspecified atom stereocenters. The molecule has 30 heavy (non-hydrogen) atoms. The van der Waals surface area contributed by atoms with Crippen LogP contribution in [0.5, 0.6) is 5.75 Å². The summed E-state index contributed by atoms with van der Waals surface area (Å²) in [5.41, 5.74) is 1.67. The summed E-state index contributed by atoms with van der Waals surface area (Å²) < 4.78 is 15.7. The summed E-state index contributed by atoms with van der Waals surface area (Å²) in [5, 5.41) is 21.0. The van der Waals surface area contributed by atoms with E-state index in [0.717, 1.165) is 7.11 Å². The minimum absolute atomic E-state index is 0.0108. The van der Waals surface area contributed by atoms with E-state index < -0.39 is 48.9 Å². The number of methoxy groups -OCH3 is 2. The summed E-state index contributed by atoms with van der Waals surface area (Å²) in [4.78, 5) is 38.5. The molecule has 0 saturated carbocycles. The van der Waals surface area contributed by atoms with Gasteiger partial charge < -0.3 is 24.3 Å². The molecule has 0 spiro atoms. The largest absolute Gasteiger partial charge is 0.508 e. The molecule has 0 bridgehead atoms. The molecule has 1 aliphatic carbocycles. The van der Waals surface area contributed by atoms with Gasteiger partial charge >= 0.3 is 13.2 Å². The van der Waals surface area contributed by atoms with Crippen molar-refractivity contribution in [3.63, 3.8) is 0 Å². The predicted octanol–water partition coefficient (Wildman–Crippen LogP) is 1.20. The molecule has 3 amide bonds. The topological polar surface area (TPSA) is 123 Å². The van der Waals surface area contributed by atoms with Crippen LogP contribution >= 0.6 is 0 Å². The maximum Gasteiger partial charge on any atom is 0.487 e. The van der Waals surface area contributed by atoms with Crippen LogP contribution < -0.4 is 0 Å². The van der Waals surface area contributed by atoms with Crippen molar-refractivity contribution < 1.29 is 38.6 Å². The second-order valence-corrected chi connectivity index (χ2v) is 7.69. The summed E-state index contributed by atoms with van der Waals surface area (Å²) in [6.07, 6.45) is -1.26. The third kappa shape index (κ3) is 3.12. The van der Waals surface area contributed by atoms with Gasteiger partial charge in [0.05, 0.1) is 31.7 Å². The highest BCUT2D eigenvalue weighted by Gasteiger charge is 2.59. The first kappa shape index (κ1) is 20.6. The van der Waals surface area contributed by atoms with E-state index in [1.54, 1.807) is 18.2 Å². The maximum absolute atomic E-state index is 13.1. The van der Waals surface area contributed by atoms with Crippen LogP contribution in [0.4, 0.5) is 4.79 Å². The lowest BCUT2D eigenvalue weighted by Gasteiger charge is -2.42. The summed E-state index contributed by atoms with van der Waals surface area (Å²) in [5.74, 6) is -3.35. The lowest BCUT2D eigenvalue weighted by Crippen LogP contribution is -2.45. The van der Waals surface area contributed by atoms with Crippen molar-refractivity contribution in [1.82, 2.24) is 4.90 Å². The van der Waals surface area contributed by atoms with Gasteiger partial charge in [0.25, 0.3) is 0 Å². The number of carbonyl (C=O) groups is 3. The number of fused-ring (bicyclic) bond motifs is 3. The molecule has 0 radical (unpaired) electrons. The number of hydrogen-bond donors (Lipinski definition) is 2. The number of para-hydroxylation sites is 1. The Morgan fingerprint density at radius 1 is 1.23 bits per heavy atom. The Hall–Kier alpha value is -2.69. The summed E-state index contributed by atoms with van der Waals surface area (Å²) >= 11 is 0. The third-order valence-electron chi connectivity index (χ3n) is 6.17. The van der Waals surface area contributed by atoms with Crippen molar-refractivity contribution in [2.24, 2.45) is 17.8 Å². The fraction of sp³-hybridized carbons (Fsp3) is 0.450. The summed E-state index contributed by atoms with van der Waals surface area (Å²) in [7, 11) is 1.28. The average molecular weight is 415 g/mol. The Morgan fingerprint density at radius 3 is 2.63 bits per heavy atom. The van der Waals surface area contributed by atoms with Crippen LogP contribution in [-0.4, -0.2) is 60.9 Å². The Kier molecular flexibility index (Phi) is 5.39. The Balaban J connectivity index is 1.76. The molecule has 2 heterocycles.